The Labute approximate surface area is 106 Å². The Morgan fingerprint density at radius 2 is 2.22 bits per heavy atom. The van der Waals surface area contributed by atoms with Crippen LogP contribution < -0.4 is 10.6 Å². The van der Waals surface area contributed by atoms with Gasteiger partial charge >= 0.3 is 0 Å². The number of morpholine rings is 1. The lowest BCUT2D eigenvalue weighted by atomic mass is 10.2. The molecule has 1 fully saturated rings. The highest BCUT2D eigenvalue weighted by Crippen LogP contribution is 2.06. The molecule has 0 aromatic carbocycles. The lowest BCUT2D eigenvalue weighted by molar-refractivity contribution is -0.119. The Hall–Kier alpha value is -1.53. The quantitative estimate of drug-likeness (QED) is 0.812. The van der Waals surface area contributed by atoms with Gasteiger partial charge in [0.15, 0.2) is 0 Å². The molecule has 98 valence electrons. The van der Waals surface area contributed by atoms with E-state index in [0.717, 1.165) is 17.9 Å². The predicted molar refractivity (Wildman–Crippen MR) is 67.4 cm³/mol. The third kappa shape index (κ3) is 3.75. The van der Waals surface area contributed by atoms with Crippen LogP contribution in [0.5, 0.6) is 0 Å². The summed E-state index contributed by atoms with van der Waals surface area (Å²) in [6.07, 6.45) is 0.258. The van der Waals surface area contributed by atoms with E-state index < -0.39 is 0 Å². The summed E-state index contributed by atoms with van der Waals surface area (Å²) in [5, 5.41) is 5.89. The van der Waals surface area contributed by atoms with E-state index in [1.165, 1.54) is 0 Å². The van der Waals surface area contributed by atoms with E-state index >= 15 is 0 Å². The number of carbonyl (C=O) groups excluding carboxylic acids is 1. The fraction of sp³-hybridized carbons (Fsp3) is 0.583. The monoisotopic (exact) mass is 250 g/mol. The minimum Gasteiger partial charge on any atom is -0.375 e. The zero-order valence-electron chi connectivity index (χ0n) is 10.7. The summed E-state index contributed by atoms with van der Waals surface area (Å²) < 4.78 is 5.47. The number of ether oxygens (including phenoxy) is 1. The Morgan fingerprint density at radius 1 is 1.50 bits per heavy atom. The number of amides is 1. The Morgan fingerprint density at radius 3 is 2.83 bits per heavy atom. The molecule has 6 nitrogen and oxygen atoms in total. The van der Waals surface area contributed by atoms with E-state index in [9.17, 15) is 4.79 Å². The Bertz CT molecular complexity index is 410. The van der Waals surface area contributed by atoms with Gasteiger partial charge in [0.2, 0.25) is 11.9 Å². The maximum Gasteiger partial charge on any atom is 0.229 e. The van der Waals surface area contributed by atoms with Crippen molar-refractivity contribution in [1.82, 2.24) is 15.3 Å². The van der Waals surface area contributed by atoms with Gasteiger partial charge in [-0.2, -0.15) is 0 Å². The van der Waals surface area contributed by atoms with Crippen molar-refractivity contribution in [3.8, 4) is 0 Å². The molecule has 2 rings (SSSR count). The highest BCUT2D eigenvalue weighted by Gasteiger charge is 2.17. The number of anilines is 1. The largest absolute Gasteiger partial charge is 0.375 e. The SMILES string of the molecule is Cc1cc(C)nc(NC(=O)CC2CNCCO2)n1. The van der Waals surface area contributed by atoms with Crippen LogP contribution in [0.2, 0.25) is 0 Å². The van der Waals surface area contributed by atoms with Crippen molar-refractivity contribution in [2.75, 3.05) is 25.0 Å². The second-order valence-corrected chi connectivity index (χ2v) is 4.42. The van der Waals surface area contributed by atoms with Crippen LogP contribution in [0.4, 0.5) is 5.95 Å². The summed E-state index contributed by atoms with van der Waals surface area (Å²) >= 11 is 0. The molecule has 1 aliphatic heterocycles. The topological polar surface area (TPSA) is 76.1 Å². The number of hydrogen-bond donors (Lipinski definition) is 2. The summed E-state index contributed by atoms with van der Waals surface area (Å²) in [5.41, 5.74) is 1.68. The van der Waals surface area contributed by atoms with Crippen LogP contribution in [0.3, 0.4) is 0 Å². The number of aromatic nitrogens is 2. The first-order valence-electron chi connectivity index (χ1n) is 6.08. The van der Waals surface area contributed by atoms with Crippen molar-refractivity contribution in [3.05, 3.63) is 17.5 Å². The van der Waals surface area contributed by atoms with Gasteiger partial charge in [-0.25, -0.2) is 9.97 Å². The molecular formula is C12H18N4O2. The number of hydrogen-bond acceptors (Lipinski definition) is 5. The zero-order valence-corrected chi connectivity index (χ0v) is 10.7. The summed E-state index contributed by atoms with van der Waals surface area (Å²) in [7, 11) is 0. The normalized spacial score (nSPS) is 19.6. The molecule has 0 saturated carbocycles. The molecule has 2 heterocycles. The Balaban J connectivity index is 1.89. The Kier molecular flexibility index (Phi) is 4.22. The average Bonchev–Trinajstić information content (AvgIpc) is 2.28. The second-order valence-electron chi connectivity index (χ2n) is 4.42. The van der Waals surface area contributed by atoms with Crippen LogP contribution in [-0.4, -0.2) is 41.7 Å². The van der Waals surface area contributed by atoms with Crippen molar-refractivity contribution in [2.24, 2.45) is 0 Å². The standard InChI is InChI=1S/C12H18N4O2/c1-8-5-9(2)15-12(14-8)16-11(17)6-10-7-13-3-4-18-10/h5,10,13H,3-4,6-7H2,1-2H3,(H,14,15,16,17). The number of rotatable bonds is 3. The van der Waals surface area contributed by atoms with Crippen LogP contribution in [0.1, 0.15) is 17.8 Å². The molecule has 1 aliphatic rings. The fourth-order valence-corrected chi connectivity index (χ4v) is 1.92. The lowest BCUT2D eigenvalue weighted by Crippen LogP contribution is -2.40. The number of nitrogens with zero attached hydrogens (tertiary/aromatic N) is 2. The minimum absolute atomic E-state index is 0.0651. The van der Waals surface area contributed by atoms with Gasteiger partial charge in [-0.15, -0.1) is 0 Å². The van der Waals surface area contributed by atoms with Gasteiger partial charge in [0.05, 0.1) is 19.1 Å². The minimum atomic E-state index is -0.117. The molecule has 6 heteroatoms. The van der Waals surface area contributed by atoms with Gasteiger partial charge in [-0.1, -0.05) is 0 Å². The molecule has 2 N–H and O–H groups in total. The van der Waals surface area contributed by atoms with Crippen LogP contribution in [0, 0.1) is 13.8 Å². The molecule has 1 saturated heterocycles. The average molecular weight is 250 g/mol. The molecule has 18 heavy (non-hydrogen) atoms. The molecule has 0 radical (unpaired) electrons. The second kappa shape index (κ2) is 5.88. The molecule has 1 atom stereocenters. The maximum atomic E-state index is 11.8. The van der Waals surface area contributed by atoms with E-state index in [1.807, 2.05) is 19.9 Å². The van der Waals surface area contributed by atoms with E-state index in [-0.39, 0.29) is 12.0 Å². The van der Waals surface area contributed by atoms with E-state index in [2.05, 4.69) is 20.6 Å². The first-order valence-corrected chi connectivity index (χ1v) is 6.08. The van der Waals surface area contributed by atoms with Gasteiger partial charge < -0.3 is 10.1 Å². The van der Waals surface area contributed by atoms with Crippen molar-refractivity contribution in [1.29, 1.82) is 0 Å². The smallest absolute Gasteiger partial charge is 0.229 e. The summed E-state index contributed by atoms with van der Waals surface area (Å²) in [5.74, 6) is 0.245. The third-order valence-electron chi connectivity index (χ3n) is 2.65. The molecule has 1 aromatic heterocycles. The molecule has 0 spiro atoms. The van der Waals surface area contributed by atoms with Gasteiger partial charge in [0.1, 0.15) is 0 Å². The first kappa shape index (κ1) is 12.9. The van der Waals surface area contributed by atoms with Crippen molar-refractivity contribution < 1.29 is 9.53 Å². The van der Waals surface area contributed by atoms with E-state index in [0.29, 0.717) is 25.5 Å². The van der Waals surface area contributed by atoms with Crippen LogP contribution in [0.15, 0.2) is 6.07 Å². The molecule has 0 bridgehead atoms. The van der Waals surface area contributed by atoms with Crippen molar-refractivity contribution in [3.63, 3.8) is 0 Å². The highest BCUT2D eigenvalue weighted by molar-refractivity contribution is 5.89. The molecule has 1 unspecified atom stereocenters. The molecule has 1 amide bonds. The lowest BCUT2D eigenvalue weighted by Gasteiger charge is -2.22. The molecule has 0 aliphatic carbocycles. The zero-order chi connectivity index (χ0) is 13.0. The van der Waals surface area contributed by atoms with E-state index in [1.54, 1.807) is 0 Å². The maximum absolute atomic E-state index is 11.8. The summed E-state index contributed by atoms with van der Waals surface area (Å²) in [4.78, 5) is 20.1. The van der Waals surface area contributed by atoms with Gasteiger partial charge in [0, 0.05) is 24.5 Å². The van der Waals surface area contributed by atoms with Crippen LogP contribution in [-0.2, 0) is 9.53 Å². The summed E-state index contributed by atoms with van der Waals surface area (Å²) in [6, 6.07) is 1.86. The predicted octanol–water partition coefficient (Wildman–Crippen LogP) is 0.410. The molecule has 1 aromatic rings. The number of carbonyl (C=O) groups is 1. The molecular weight excluding hydrogens is 232 g/mol. The van der Waals surface area contributed by atoms with Gasteiger partial charge in [-0.05, 0) is 19.9 Å². The van der Waals surface area contributed by atoms with Crippen molar-refractivity contribution >= 4 is 11.9 Å². The van der Waals surface area contributed by atoms with Gasteiger partial charge in [0.25, 0.3) is 0 Å². The van der Waals surface area contributed by atoms with Crippen molar-refractivity contribution in [2.45, 2.75) is 26.4 Å². The van der Waals surface area contributed by atoms with Gasteiger partial charge in [-0.3, -0.25) is 10.1 Å². The number of aryl methyl sites for hydroxylation is 2. The summed E-state index contributed by atoms with van der Waals surface area (Å²) in [6.45, 7) is 5.95. The van der Waals surface area contributed by atoms with Crippen LogP contribution in [0.25, 0.3) is 0 Å². The fourth-order valence-electron chi connectivity index (χ4n) is 1.92. The van der Waals surface area contributed by atoms with Crippen LogP contribution >= 0.6 is 0 Å². The number of nitrogens with one attached hydrogen (secondary N) is 2. The third-order valence-corrected chi connectivity index (χ3v) is 2.65. The first-order chi connectivity index (χ1) is 8.63. The van der Waals surface area contributed by atoms with E-state index in [4.69, 9.17) is 4.74 Å². The highest BCUT2D eigenvalue weighted by atomic mass is 16.5.